The molecule has 0 saturated carbocycles. The van der Waals surface area contributed by atoms with Crippen LogP contribution in [0.4, 0.5) is 10.1 Å². The van der Waals surface area contributed by atoms with Crippen LogP contribution in [0.2, 0.25) is 5.02 Å². The summed E-state index contributed by atoms with van der Waals surface area (Å²) in [6.07, 6.45) is 0. The van der Waals surface area contributed by atoms with Crippen LogP contribution in [-0.2, 0) is 4.79 Å². The monoisotopic (exact) mass is 453 g/mol. The third kappa shape index (κ3) is 6.15. The molecule has 0 radical (unpaired) electrons. The molecule has 3 N–H and O–H groups in total. The van der Waals surface area contributed by atoms with E-state index in [1.165, 1.54) is 24.3 Å². The Labute approximate surface area is 189 Å². The molecule has 0 aliphatic rings. The summed E-state index contributed by atoms with van der Waals surface area (Å²) in [4.78, 5) is 36.5. The second-order valence-electron chi connectivity index (χ2n) is 7.03. The molecular weight excluding hydrogens is 433 g/mol. The summed E-state index contributed by atoms with van der Waals surface area (Å²) in [5, 5.41) is 8.38. The van der Waals surface area contributed by atoms with Crippen molar-refractivity contribution in [3.63, 3.8) is 0 Å². The van der Waals surface area contributed by atoms with E-state index in [1.807, 2.05) is 0 Å². The SMILES string of the molecule is CC(NC(=O)CNC(=O)c1ccccc1Cl)c1ccc(NC(=O)c2ccc(F)cc2)cc1. The van der Waals surface area contributed by atoms with Gasteiger partial charge in [-0.15, -0.1) is 0 Å². The molecule has 3 aromatic carbocycles. The summed E-state index contributed by atoms with van der Waals surface area (Å²) < 4.78 is 13.0. The molecule has 0 aliphatic heterocycles. The molecule has 3 rings (SSSR count). The lowest BCUT2D eigenvalue weighted by molar-refractivity contribution is -0.120. The number of anilines is 1. The minimum absolute atomic E-state index is 0.194. The van der Waals surface area contributed by atoms with E-state index in [9.17, 15) is 18.8 Å². The first-order chi connectivity index (χ1) is 15.3. The van der Waals surface area contributed by atoms with Gasteiger partial charge in [0, 0.05) is 11.3 Å². The average molecular weight is 454 g/mol. The van der Waals surface area contributed by atoms with Crippen LogP contribution in [0.25, 0.3) is 0 Å². The van der Waals surface area contributed by atoms with E-state index >= 15 is 0 Å². The summed E-state index contributed by atoms with van der Waals surface area (Å²) in [6, 6.07) is 18.5. The Morgan fingerprint density at radius 3 is 2.22 bits per heavy atom. The summed E-state index contributed by atoms with van der Waals surface area (Å²) in [5.41, 5.74) is 2.02. The third-order valence-corrected chi connectivity index (χ3v) is 5.01. The van der Waals surface area contributed by atoms with Gasteiger partial charge in [0.05, 0.1) is 23.2 Å². The highest BCUT2D eigenvalue weighted by atomic mass is 35.5. The second-order valence-corrected chi connectivity index (χ2v) is 7.44. The van der Waals surface area contributed by atoms with E-state index in [-0.39, 0.29) is 24.4 Å². The molecule has 0 heterocycles. The highest BCUT2D eigenvalue weighted by Gasteiger charge is 2.14. The number of hydrogen-bond acceptors (Lipinski definition) is 3. The number of carbonyl (C=O) groups excluding carboxylic acids is 3. The molecular formula is C24H21ClFN3O3. The van der Waals surface area contributed by atoms with Crippen molar-refractivity contribution in [3.05, 3.63) is 100 Å². The van der Waals surface area contributed by atoms with Crippen LogP contribution >= 0.6 is 11.6 Å². The number of rotatable bonds is 7. The molecule has 6 nitrogen and oxygen atoms in total. The summed E-state index contributed by atoms with van der Waals surface area (Å²) in [6.45, 7) is 1.61. The number of benzene rings is 3. The predicted molar refractivity (Wildman–Crippen MR) is 121 cm³/mol. The van der Waals surface area contributed by atoms with Gasteiger partial charge in [-0.05, 0) is 61.0 Å². The first-order valence-corrected chi connectivity index (χ1v) is 10.2. The van der Waals surface area contributed by atoms with Crippen LogP contribution in [0, 0.1) is 5.82 Å². The normalized spacial score (nSPS) is 11.3. The van der Waals surface area contributed by atoms with Gasteiger partial charge in [0.25, 0.3) is 11.8 Å². The van der Waals surface area contributed by atoms with Gasteiger partial charge in [-0.25, -0.2) is 4.39 Å². The molecule has 0 aliphatic carbocycles. The van der Waals surface area contributed by atoms with Gasteiger partial charge in [0.2, 0.25) is 5.91 Å². The minimum Gasteiger partial charge on any atom is -0.348 e. The Hall–Kier alpha value is -3.71. The Kier molecular flexibility index (Phi) is 7.57. The molecule has 1 unspecified atom stereocenters. The van der Waals surface area contributed by atoms with Gasteiger partial charge in [-0.2, -0.15) is 0 Å². The molecule has 0 aromatic heterocycles. The van der Waals surface area contributed by atoms with Crippen molar-refractivity contribution < 1.29 is 18.8 Å². The average Bonchev–Trinajstić information content (AvgIpc) is 2.78. The topological polar surface area (TPSA) is 87.3 Å². The van der Waals surface area contributed by atoms with Crippen LogP contribution in [0.3, 0.4) is 0 Å². The highest BCUT2D eigenvalue weighted by molar-refractivity contribution is 6.33. The maximum absolute atomic E-state index is 13.0. The van der Waals surface area contributed by atoms with Gasteiger partial charge in [0.15, 0.2) is 0 Å². The van der Waals surface area contributed by atoms with Crippen molar-refractivity contribution in [2.45, 2.75) is 13.0 Å². The zero-order valence-corrected chi connectivity index (χ0v) is 17.9. The van der Waals surface area contributed by atoms with Crippen LogP contribution in [-0.4, -0.2) is 24.3 Å². The molecule has 0 bridgehead atoms. The van der Waals surface area contributed by atoms with Gasteiger partial charge < -0.3 is 16.0 Å². The van der Waals surface area contributed by atoms with Crippen LogP contribution in [0.5, 0.6) is 0 Å². The molecule has 1 atom stereocenters. The molecule has 0 saturated heterocycles. The van der Waals surface area contributed by atoms with Gasteiger partial charge in [0.1, 0.15) is 5.82 Å². The van der Waals surface area contributed by atoms with E-state index in [4.69, 9.17) is 11.6 Å². The van der Waals surface area contributed by atoms with Crippen molar-refractivity contribution in [1.82, 2.24) is 10.6 Å². The van der Waals surface area contributed by atoms with Crippen LogP contribution in [0.15, 0.2) is 72.8 Å². The molecule has 3 amide bonds. The van der Waals surface area contributed by atoms with E-state index in [1.54, 1.807) is 55.5 Å². The summed E-state index contributed by atoms with van der Waals surface area (Å²) in [7, 11) is 0. The van der Waals surface area contributed by atoms with Gasteiger partial charge in [-0.1, -0.05) is 35.9 Å². The molecule has 164 valence electrons. The maximum Gasteiger partial charge on any atom is 0.255 e. The van der Waals surface area contributed by atoms with Crippen molar-refractivity contribution in [2.75, 3.05) is 11.9 Å². The molecule has 3 aromatic rings. The molecule has 8 heteroatoms. The van der Waals surface area contributed by atoms with Gasteiger partial charge in [-0.3, -0.25) is 14.4 Å². The van der Waals surface area contributed by atoms with Crippen molar-refractivity contribution >= 4 is 35.0 Å². The zero-order chi connectivity index (χ0) is 23.1. The van der Waals surface area contributed by atoms with Crippen LogP contribution < -0.4 is 16.0 Å². The standard InChI is InChI=1S/C24H21ClFN3O3/c1-15(28-22(30)14-27-24(32)20-4-2-3-5-21(20)25)16-8-12-19(13-9-16)29-23(31)17-6-10-18(26)11-7-17/h2-13,15H,14H2,1H3,(H,27,32)(H,28,30)(H,29,31). The first kappa shape index (κ1) is 23.0. The van der Waals surface area contributed by atoms with E-state index in [0.29, 0.717) is 21.8 Å². The Morgan fingerprint density at radius 2 is 1.56 bits per heavy atom. The van der Waals surface area contributed by atoms with Crippen molar-refractivity contribution in [2.24, 2.45) is 0 Å². The van der Waals surface area contributed by atoms with E-state index in [0.717, 1.165) is 5.56 Å². The zero-order valence-electron chi connectivity index (χ0n) is 17.2. The summed E-state index contributed by atoms with van der Waals surface area (Å²) in [5.74, 6) is -1.55. The van der Waals surface area contributed by atoms with E-state index in [2.05, 4.69) is 16.0 Å². The largest absolute Gasteiger partial charge is 0.348 e. The fourth-order valence-electron chi connectivity index (χ4n) is 2.94. The maximum atomic E-state index is 13.0. The number of carbonyl (C=O) groups is 3. The van der Waals surface area contributed by atoms with Gasteiger partial charge >= 0.3 is 0 Å². The number of nitrogens with one attached hydrogen (secondary N) is 3. The predicted octanol–water partition coefficient (Wildman–Crippen LogP) is 4.34. The number of hydrogen-bond donors (Lipinski definition) is 3. The molecule has 32 heavy (non-hydrogen) atoms. The smallest absolute Gasteiger partial charge is 0.255 e. The lowest BCUT2D eigenvalue weighted by atomic mass is 10.1. The summed E-state index contributed by atoms with van der Waals surface area (Å²) >= 11 is 5.98. The second kappa shape index (κ2) is 10.5. The fraction of sp³-hybridized carbons (Fsp3) is 0.125. The molecule has 0 spiro atoms. The minimum atomic E-state index is -0.431. The Bertz CT molecular complexity index is 1120. The first-order valence-electron chi connectivity index (χ1n) is 9.82. The number of amides is 3. The van der Waals surface area contributed by atoms with Crippen molar-refractivity contribution in [1.29, 1.82) is 0 Å². The van der Waals surface area contributed by atoms with Crippen molar-refractivity contribution in [3.8, 4) is 0 Å². The molecule has 0 fully saturated rings. The fourth-order valence-corrected chi connectivity index (χ4v) is 3.16. The lowest BCUT2D eigenvalue weighted by Gasteiger charge is -2.15. The number of halogens is 2. The highest BCUT2D eigenvalue weighted by Crippen LogP contribution is 2.17. The Morgan fingerprint density at radius 1 is 0.906 bits per heavy atom. The quantitative estimate of drug-likeness (QED) is 0.497. The Balaban J connectivity index is 1.50. The van der Waals surface area contributed by atoms with E-state index < -0.39 is 11.7 Å². The lowest BCUT2D eigenvalue weighted by Crippen LogP contribution is -2.38. The third-order valence-electron chi connectivity index (χ3n) is 4.68. The van der Waals surface area contributed by atoms with Crippen LogP contribution in [0.1, 0.15) is 39.2 Å².